The van der Waals surface area contributed by atoms with Gasteiger partial charge >= 0.3 is 19.8 Å². The minimum atomic E-state index is -4.38. The first-order chi connectivity index (χ1) is 25.8. The number of phosphoric acid groups is 1. The summed E-state index contributed by atoms with van der Waals surface area (Å²) in [6.07, 6.45) is 42.0. The van der Waals surface area contributed by atoms with Crippen molar-refractivity contribution >= 4 is 19.8 Å². The number of phosphoric ester groups is 1. The number of esters is 2. The van der Waals surface area contributed by atoms with E-state index in [9.17, 15) is 19.0 Å². The molecule has 0 fully saturated rings. The van der Waals surface area contributed by atoms with E-state index in [0.29, 0.717) is 6.42 Å². The summed E-state index contributed by atoms with van der Waals surface area (Å²) in [5, 5.41) is 0. The van der Waals surface area contributed by atoms with E-state index in [1.165, 1.54) is 103 Å². The van der Waals surface area contributed by atoms with Crippen LogP contribution in [0.15, 0.2) is 24.3 Å². The van der Waals surface area contributed by atoms with Gasteiger partial charge in [-0.25, -0.2) is 4.57 Å². The molecule has 0 bridgehead atoms. The smallest absolute Gasteiger partial charge is 0.462 e. The Kier molecular flexibility index (Phi) is 39.0. The second-order valence-electron chi connectivity index (χ2n) is 14.6. The number of carbonyl (C=O) groups is 2. The summed E-state index contributed by atoms with van der Waals surface area (Å²) in [5.41, 5.74) is 5.34. The number of hydrogen-bond acceptors (Lipinski definition) is 8. The highest BCUT2D eigenvalue weighted by Gasteiger charge is 2.26. The maximum Gasteiger partial charge on any atom is 0.472 e. The third-order valence-corrected chi connectivity index (χ3v) is 10.3. The first-order valence-electron chi connectivity index (χ1n) is 21.8. The summed E-state index contributed by atoms with van der Waals surface area (Å²) in [7, 11) is -4.38. The summed E-state index contributed by atoms with van der Waals surface area (Å²) in [6, 6.07) is 0. The molecule has 312 valence electrons. The van der Waals surface area contributed by atoms with Gasteiger partial charge in [0, 0.05) is 19.4 Å². The first-order valence-corrected chi connectivity index (χ1v) is 23.3. The molecule has 0 spiro atoms. The topological polar surface area (TPSA) is 134 Å². The minimum Gasteiger partial charge on any atom is -0.462 e. The number of rotatable bonds is 41. The Morgan fingerprint density at radius 2 is 0.925 bits per heavy atom. The lowest BCUT2D eigenvalue weighted by Gasteiger charge is -2.19. The Morgan fingerprint density at radius 3 is 1.34 bits per heavy atom. The third-order valence-electron chi connectivity index (χ3n) is 9.31. The highest BCUT2D eigenvalue weighted by Crippen LogP contribution is 2.43. The van der Waals surface area contributed by atoms with Crippen LogP contribution in [0.1, 0.15) is 206 Å². The van der Waals surface area contributed by atoms with Crippen molar-refractivity contribution in [2.75, 3.05) is 26.4 Å². The number of carbonyl (C=O) groups excluding carboxylic acids is 2. The van der Waals surface area contributed by atoms with Gasteiger partial charge in [-0.3, -0.25) is 18.6 Å². The van der Waals surface area contributed by atoms with Crippen LogP contribution in [0.5, 0.6) is 0 Å². The number of ether oxygens (including phenoxy) is 2. The van der Waals surface area contributed by atoms with E-state index in [0.717, 1.165) is 70.6 Å². The second-order valence-corrected chi connectivity index (χ2v) is 16.0. The van der Waals surface area contributed by atoms with E-state index in [2.05, 4.69) is 38.2 Å². The van der Waals surface area contributed by atoms with E-state index in [1.54, 1.807) is 0 Å². The van der Waals surface area contributed by atoms with E-state index in [-0.39, 0.29) is 32.6 Å². The summed E-state index contributed by atoms with van der Waals surface area (Å²) < 4.78 is 32.8. The van der Waals surface area contributed by atoms with Crippen molar-refractivity contribution in [2.45, 2.75) is 213 Å². The molecule has 0 saturated heterocycles. The Morgan fingerprint density at radius 1 is 0.547 bits per heavy atom. The van der Waals surface area contributed by atoms with Gasteiger partial charge in [-0.15, -0.1) is 0 Å². The van der Waals surface area contributed by atoms with Gasteiger partial charge in [-0.2, -0.15) is 0 Å². The summed E-state index contributed by atoms with van der Waals surface area (Å²) in [5.74, 6) is -0.843. The second kappa shape index (κ2) is 40.2. The van der Waals surface area contributed by atoms with Gasteiger partial charge in [-0.05, 0) is 64.2 Å². The predicted octanol–water partition coefficient (Wildman–Crippen LogP) is 12.4. The molecule has 0 aromatic heterocycles. The monoisotopic (exact) mass is 772 g/mol. The van der Waals surface area contributed by atoms with Gasteiger partial charge in [0.25, 0.3) is 0 Å². The SMILES string of the molecule is CCCCCCCCC/C=C\CCCCCCCC(=O)OCC(COP(=O)(O)OCCN)OC(=O)CCCCCCC/C=C\CCCCCCCCC. The summed E-state index contributed by atoms with van der Waals surface area (Å²) >= 11 is 0. The van der Waals surface area contributed by atoms with Crippen molar-refractivity contribution in [1.29, 1.82) is 0 Å². The van der Waals surface area contributed by atoms with Crippen LogP contribution in [0.2, 0.25) is 0 Å². The lowest BCUT2D eigenvalue weighted by Crippen LogP contribution is -2.29. The number of allylic oxidation sites excluding steroid dienone is 4. The normalized spacial score (nSPS) is 13.5. The lowest BCUT2D eigenvalue weighted by molar-refractivity contribution is -0.161. The Bertz CT molecular complexity index is 928. The van der Waals surface area contributed by atoms with Crippen LogP contribution in [-0.4, -0.2) is 49.3 Å². The molecule has 10 heteroatoms. The van der Waals surface area contributed by atoms with Crippen molar-refractivity contribution < 1.29 is 37.6 Å². The number of hydrogen-bond donors (Lipinski definition) is 2. The van der Waals surface area contributed by atoms with Gasteiger partial charge < -0.3 is 20.1 Å². The van der Waals surface area contributed by atoms with Crippen LogP contribution >= 0.6 is 7.82 Å². The molecule has 9 nitrogen and oxygen atoms in total. The first kappa shape index (κ1) is 51.5. The summed E-state index contributed by atoms with van der Waals surface area (Å²) in [6.45, 7) is 3.72. The van der Waals surface area contributed by atoms with E-state index in [1.807, 2.05) is 0 Å². The molecule has 0 aromatic carbocycles. The molecule has 2 unspecified atom stereocenters. The molecule has 0 saturated carbocycles. The quantitative estimate of drug-likeness (QED) is 0.0269. The van der Waals surface area contributed by atoms with Crippen LogP contribution in [0.3, 0.4) is 0 Å². The molecular formula is C43H82NO8P. The highest BCUT2D eigenvalue weighted by atomic mass is 31.2. The van der Waals surface area contributed by atoms with Crippen LogP contribution < -0.4 is 5.73 Å². The van der Waals surface area contributed by atoms with Gasteiger partial charge in [0.05, 0.1) is 13.2 Å². The maximum absolute atomic E-state index is 12.6. The van der Waals surface area contributed by atoms with Gasteiger partial charge in [-0.1, -0.05) is 154 Å². The lowest BCUT2D eigenvalue weighted by atomic mass is 10.1. The molecule has 0 rings (SSSR count). The molecule has 3 N–H and O–H groups in total. The van der Waals surface area contributed by atoms with Crippen LogP contribution in [-0.2, 0) is 32.7 Å². The van der Waals surface area contributed by atoms with Crippen molar-refractivity contribution in [2.24, 2.45) is 5.73 Å². The standard InChI is InChI=1S/C43H82NO8P/c1-3-5-7-9-11-13-15-17-19-21-23-25-27-29-31-33-35-42(45)49-39-41(40-51-53(47,48)50-38-37-44)52-43(46)36-34-32-30-28-26-24-22-20-18-16-14-12-10-8-6-4-2/h19-22,41H,3-18,23-40,44H2,1-2H3,(H,47,48)/b21-19-,22-20-. The molecule has 0 radical (unpaired) electrons. The fourth-order valence-corrected chi connectivity index (χ4v) is 6.80. The number of unbranched alkanes of at least 4 members (excludes halogenated alkanes) is 24. The van der Waals surface area contributed by atoms with Gasteiger partial charge in [0.1, 0.15) is 6.61 Å². The molecule has 0 amide bonds. The van der Waals surface area contributed by atoms with Crippen LogP contribution in [0.4, 0.5) is 0 Å². The van der Waals surface area contributed by atoms with Crippen molar-refractivity contribution in [3.8, 4) is 0 Å². The summed E-state index contributed by atoms with van der Waals surface area (Å²) in [4.78, 5) is 34.8. The van der Waals surface area contributed by atoms with E-state index in [4.69, 9.17) is 24.3 Å². The predicted molar refractivity (Wildman–Crippen MR) is 220 cm³/mol. The highest BCUT2D eigenvalue weighted by molar-refractivity contribution is 7.47. The Hall–Kier alpha value is -1.51. The molecule has 0 aliphatic rings. The fourth-order valence-electron chi connectivity index (χ4n) is 6.04. The van der Waals surface area contributed by atoms with Crippen molar-refractivity contribution in [3.63, 3.8) is 0 Å². The fraction of sp³-hybridized carbons (Fsp3) is 0.860. The maximum atomic E-state index is 12.6. The molecule has 0 aliphatic carbocycles. The van der Waals surface area contributed by atoms with Crippen LogP contribution in [0.25, 0.3) is 0 Å². The average molecular weight is 772 g/mol. The molecule has 0 aromatic rings. The molecule has 0 heterocycles. The largest absolute Gasteiger partial charge is 0.472 e. The van der Waals surface area contributed by atoms with Crippen molar-refractivity contribution in [1.82, 2.24) is 0 Å². The molecule has 2 atom stereocenters. The zero-order valence-corrected chi connectivity index (χ0v) is 35.2. The Labute approximate surface area is 325 Å². The van der Waals surface area contributed by atoms with Gasteiger partial charge in [0.15, 0.2) is 6.10 Å². The zero-order chi connectivity index (χ0) is 38.9. The number of nitrogens with two attached hydrogens (primary N) is 1. The van der Waals surface area contributed by atoms with Crippen LogP contribution in [0, 0.1) is 0 Å². The Balaban J connectivity index is 4.17. The van der Waals surface area contributed by atoms with E-state index < -0.39 is 32.5 Å². The van der Waals surface area contributed by atoms with Crippen molar-refractivity contribution in [3.05, 3.63) is 24.3 Å². The molecular weight excluding hydrogens is 689 g/mol. The minimum absolute atomic E-state index is 0.0519. The molecule has 0 aliphatic heterocycles. The van der Waals surface area contributed by atoms with Gasteiger partial charge in [0.2, 0.25) is 0 Å². The zero-order valence-electron chi connectivity index (χ0n) is 34.3. The third kappa shape index (κ3) is 40.0. The average Bonchev–Trinajstić information content (AvgIpc) is 3.14. The molecule has 53 heavy (non-hydrogen) atoms. The van der Waals surface area contributed by atoms with E-state index >= 15 is 0 Å².